The minimum absolute atomic E-state index is 0. The van der Waals surface area contributed by atoms with Gasteiger partial charge in [0, 0.05) is 56.1 Å². The van der Waals surface area contributed by atoms with E-state index in [4.69, 9.17) is 9.72 Å². The Bertz CT molecular complexity index is 3680. The fraction of sp³-hybridized carbons (Fsp3) is 0.100. The molecule has 0 amide bonds. The van der Waals surface area contributed by atoms with Crippen molar-refractivity contribution in [1.29, 1.82) is 0 Å². The van der Waals surface area contributed by atoms with Gasteiger partial charge in [-0.1, -0.05) is 154 Å². The number of benzene rings is 8. The number of para-hydroxylation sites is 4. The van der Waals surface area contributed by atoms with E-state index in [0.717, 1.165) is 55.6 Å². The van der Waals surface area contributed by atoms with Gasteiger partial charge in [-0.15, -0.1) is 29.7 Å². The van der Waals surface area contributed by atoms with Gasteiger partial charge in [0.2, 0.25) is 0 Å². The molecule has 3 aliphatic rings. The molecule has 0 N–H and O–H groups in total. The summed E-state index contributed by atoms with van der Waals surface area (Å²) in [6.07, 6.45) is 5.65. The van der Waals surface area contributed by atoms with Gasteiger partial charge in [0.25, 0.3) is 6.33 Å². The van der Waals surface area contributed by atoms with Crippen LogP contribution in [0.3, 0.4) is 0 Å². The van der Waals surface area contributed by atoms with E-state index in [1.807, 2.05) is 24.4 Å². The summed E-state index contributed by atoms with van der Waals surface area (Å²) in [5, 5.41) is 2.23. The number of ether oxygens (including phenoxy) is 1. The summed E-state index contributed by atoms with van der Waals surface area (Å²) >= 11 is 0. The van der Waals surface area contributed by atoms with Gasteiger partial charge >= 0.3 is 0 Å². The van der Waals surface area contributed by atoms with Gasteiger partial charge in [0.1, 0.15) is 5.82 Å². The first-order chi connectivity index (χ1) is 31.9. The van der Waals surface area contributed by atoms with E-state index in [9.17, 15) is 0 Å². The maximum absolute atomic E-state index is 6.63. The predicted octanol–water partition coefficient (Wildman–Crippen LogP) is 13.5. The monoisotopic (exact) mass is 1030 g/mol. The molecule has 3 aromatic heterocycles. The van der Waals surface area contributed by atoms with Crippen molar-refractivity contribution in [1.82, 2.24) is 14.1 Å². The summed E-state index contributed by atoms with van der Waals surface area (Å²) in [6, 6.07) is 72.4. The molecule has 8 aromatic carbocycles. The Hall–Kier alpha value is -7.33. The Morgan fingerprint density at radius 3 is 1.98 bits per heavy atom. The van der Waals surface area contributed by atoms with Crippen molar-refractivity contribution in [2.45, 2.75) is 38.0 Å². The molecule has 66 heavy (non-hydrogen) atoms. The first kappa shape index (κ1) is 40.2. The Balaban J connectivity index is 0.00000456. The molecule has 14 rings (SSSR count). The van der Waals surface area contributed by atoms with Gasteiger partial charge < -0.3 is 13.9 Å². The first-order valence-corrected chi connectivity index (χ1v) is 22.4. The van der Waals surface area contributed by atoms with E-state index in [0.29, 0.717) is 11.5 Å². The zero-order chi connectivity index (χ0) is 43.4. The Morgan fingerprint density at radius 1 is 0.561 bits per heavy atom. The van der Waals surface area contributed by atoms with Crippen LogP contribution in [0.1, 0.15) is 71.6 Å². The fourth-order valence-corrected chi connectivity index (χ4v) is 10.6. The SMILES string of the molecule is CC(C)(C)c1ccnc(-n2c3[c-]c(Oc4[c-]c(-n5[c-][n+](-c6ccccc6-c6ccc7c(c6)C6c8ccccc8C7c7ccccc76)c6ccccc65)ccc4)ccc3c3ccccc32)c1.[Pt]. The molecule has 3 aliphatic carbocycles. The molecule has 6 heteroatoms. The van der Waals surface area contributed by atoms with E-state index in [1.165, 1.54) is 44.5 Å². The number of aromatic nitrogens is 4. The van der Waals surface area contributed by atoms with Crippen molar-refractivity contribution < 1.29 is 30.4 Å². The van der Waals surface area contributed by atoms with Crippen LogP contribution in [0.4, 0.5) is 0 Å². The van der Waals surface area contributed by atoms with E-state index < -0.39 is 0 Å². The summed E-state index contributed by atoms with van der Waals surface area (Å²) in [6.45, 7) is 6.68. The van der Waals surface area contributed by atoms with Crippen molar-refractivity contribution in [3.8, 4) is 39.8 Å². The van der Waals surface area contributed by atoms with Gasteiger partial charge in [0.15, 0.2) is 0 Å². The number of rotatable bonds is 6. The van der Waals surface area contributed by atoms with Crippen molar-refractivity contribution in [3.63, 3.8) is 0 Å². The molecule has 3 heterocycles. The van der Waals surface area contributed by atoms with E-state index in [1.54, 1.807) is 0 Å². The second-order valence-electron chi connectivity index (χ2n) is 18.3. The molecule has 0 saturated carbocycles. The van der Waals surface area contributed by atoms with Crippen LogP contribution in [0.5, 0.6) is 11.5 Å². The molecule has 0 spiro atoms. The van der Waals surface area contributed by atoms with Gasteiger partial charge in [-0.25, -0.2) is 4.98 Å². The number of pyridine rings is 1. The van der Waals surface area contributed by atoms with Gasteiger partial charge in [-0.05, 0) is 90.8 Å². The smallest absolute Gasteiger partial charge is 0.268 e. The third kappa shape index (κ3) is 6.25. The molecule has 11 aromatic rings. The molecule has 320 valence electrons. The largest absolute Gasteiger partial charge is 0.510 e. The molecule has 0 atom stereocenters. The average molecular weight is 1030 g/mol. The minimum atomic E-state index is -0.0241. The summed E-state index contributed by atoms with van der Waals surface area (Å²) in [4.78, 5) is 4.85. The van der Waals surface area contributed by atoms with Crippen molar-refractivity contribution in [3.05, 3.63) is 246 Å². The second kappa shape index (κ2) is 15.4. The van der Waals surface area contributed by atoms with E-state index >= 15 is 0 Å². The maximum Gasteiger partial charge on any atom is 0.268 e. The number of fused-ring (bicyclic) bond motifs is 4. The molecule has 5 nitrogen and oxygen atoms in total. The molecular weight excluding hydrogens is 988 g/mol. The third-order valence-corrected chi connectivity index (χ3v) is 13.6. The predicted molar refractivity (Wildman–Crippen MR) is 259 cm³/mol. The Morgan fingerprint density at radius 2 is 1.21 bits per heavy atom. The summed E-state index contributed by atoms with van der Waals surface area (Å²) < 4.78 is 13.1. The number of hydrogen-bond acceptors (Lipinski definition) is 2. The van der Waals surface area contributed by atoms with Crippen molar-refractivity contribution in [2.75, 3.05) is 0 Å². The Kier molecular flexibility index (Phi) is 9.38. The molecular formula is C60H42N4OPt-2. The standard InChI is InChI=1S/C60H42N4O.Pt/c1-60(2,3)39-31-32-61-57(34-39)64-53-24-11-9-18-44(53)45-30-28-42(36-56(45)64)65-41-16-14-15-40(35-41)62-37-63(55-26-13-12-25-54(55)62)52-23-10-8-17-43(52)38-27-29-50-51(33-38)59-48-21-6-4-19-46(48)58(50)47-20-5-7-22-49(47)59;/h4-34,58-59H,1-3H3;/q-2;. The van der Waals surface area contributed by atoms with Crippen LogP contribution in [-0.2, 0) is 26.5 Å². The number of imidazole rings is 1. The molecule has 2 bridgehead atoms. The molecule has 0 saturated heterocycles. The van der Waals surface area contributed by atoms with Crippen LogP contribution >= 0.6 is 0 Å². The quantitative estimate of drug-likeness (QED) is 0.123. The number of hydrogen-bond donors (Lipinski definition) is 0. The zero-order valence-electron chi connectivity index (χ0n) is 36.6. The van der Waals surface area contributed by atoms with Gasteiger partial charge in [-0.3, -0.25) is 4.57 Å². The first-order valence-electron chi connectivity index (χ1n) is 22.4. The molecule has 0 radical (unpaired) electrons. The topological polar surface area (TPSA) is 35.9 Å². The minimum Gasteiger partial charge on any atom is -0.510 e. The van der Waals surface area contributed by atoms with Crippen LogP contribution in [-0.4, -0.2) is 14.1 Å². The van der Waals surface area contributed by atoms with Crippen LogP contribution in [0.15, 0.2) is 188 Å². The van der Waals surface area contributed by atoms with Crippen LogP contribution < -0.4 is 9.30 Å². The molecule has 0 aliphatic heterocycles. The maximum atomic E-state index is 6.63. The summed E-state index contributed by atoms with van der Waals surface area (Å²) in [5.41, 5.74) is 17.9. The van der Waals surface area contributed by atoms with Crippen LogP contribution in [0.25, 0.3) is 61.2 Å². The van der Waals surface area contributed by atoms with Crippen molar-refractivity contribution in [2.24, 2.45) is 0 Å². The zero-order valence-corrected chi connectivity index (χ0v) is 38.8. The van der Waals surface area contributed by atoms with E-state index in [2.05, 4.69) is 217 Å². The van der Waals surface area contributed by atoms with Gasteiger partial charge in [0.05, 0.1) is 16.7 Å². The van der Waals surface area contributed by atoms with Crippen molar-refractivity contribution >= 4 is 32.8 Å². The van der Waals surface area contributed by atoms with E-state index in [-0.39, 0.29) is 38.3 Å². The molecule has 0 unspecified atom stereocenters. The average Bonchev–Trinajstić information content (AvgIpc) is 3.90. The van der Waals surface area contributed by atoms with Crippen LogP contribution in [0.2, 0.25) is 0 Å². The van der Waals surface area contributed by atoms with Gasteiger partial charge in [-0.2, -0.15) is 18.2 Å². The van der Waals surface area contributed by atoms with Crippen LogP contribution in [0, 0.1) is 18.5 Å². The third-order valence-electron chi connectivity index (χ3n) is 13.6. The second-order valence-corrected chi connectivity index (χ2v) is 18.3. The fourth-order valence-electron chi connectivity index (χ4n) is 10.6. The number of nitrogens with zero attached hydrogens (tertiary/aromatic N) is 4. The molecule has 0 fully saturated rings. The summed E-state index contributed by atoms with van der Waals surface area (Å²) in [5.74, 6) is 2.47. The normalized spacial score (nSPS) is 14.8. The summed E-state index contributed by atoms with van der Waals surface area (Å²) in [7, 11) is 0. The Labute approximate surface area is 398 Å².